The molecular weight excluding hydrogens is 376 g/mol. The third-order valence-corrected chi connectivity index (χ3v) is 4.82. The van der Waals surface area contributed by atoms with Gasteiger partial charge in [-0.25, -0.2) is 9.78 Å². The molecule has 6 nitrogen and oxygen atoms in total. The predicted octanol–water partition coefficient (Wildman–Crippen LogP) is 4.24. The van der Waals surface area contributed by atoms with Gasteiger partial charge in [0.05, 0.1) is 11.3 Å². The van der Waals surface area contributed by atoms with E-state index in [0.29, 0.717) is 27.7 Å². The molecule has 0 radical (unpaired) electrons. The van der Waals surface area contributed by atoms with Gasteiger partial charge >= 0.3 is 5.63 Å². The van der Waals surface area contributed by atoms with Gasteiger partial charge in [0.2, 0.25) is 0 Å². The number of para-hydroxylation sites is 1. The van der Waals surface area contributed by atoms with Crippen molar-refractivity contribution >= 4 is 33.3 Å². The average molecular weight is 392 g/mol. The zero-order valence-electron chi connectivity index (χ0n) is 15.0. The van der Waals surface area contributed by atoms with Crippen LogP contribution in [0.15, 0.2) is 69.2 Å². The highest BCUT2D eigenvalue weighted by molar-refractivity contribution is 7.14. The second kappa shape index (κ2) is 7.66. The van der Waals surface area contributed by atoms with Crippen molar-refractivity contribution in [2.75, 3.05) is 11.9 Å². The molecule has 1 amide bonds. The zero-order valence-corrected chi connectivity index (χ0v) is 15.8. The van der Waals surface area contributed by atoms with Crippen molar-refractivity contribution in [1.82, 2.24) is 4.98 Å². The normalized spacial score (nSPS) is 10.8. The molecule has 4 rings (SSSR count). The van der Waals surface area contributed by atoms with Gasteiger partial charge in [0.15, 0.2) is 11.7 Å². The first-order valence-electron chi connectivity index (χ1n) is 8.56. The van der Waals surface area contributed by atoms with Crippen molar-refractivity contribution in [3.8, 4) is 17.0 Å². The first-order valence-corrected chi connectivity index (χ1v) is 9.44. The molecule has 0 spiro atoms. The minimum absolute atomic E-state index is 0.129. The summed E-state index contributed by atoms with van der Waals surface area (Å²) >= 11 is 1.23. The molecule has 28 heavy (non-hydrogen) atoms. The van der Waals surface area contributed by atoms with Crippen LogP contribution in [0.5, 0.6) is 5.75 Å². The number of carbonyl (C=O) groups is 1. The molecule has 0 fully saturated rings. The van der Waals surface area contributed by atoms with Crippen molar-refractivity contribution in [2.45, 2.75) is 6.92 Å². The molecule has 0 unspecified atom stereocenters. The van der Waals surface area contributed by atoms with Gasteiger partial charge in [-0.05, 0) is 31.2 Å². The summed E-state index contributed by atoms with van der Waals surface area (Å²) in [5, 5.41) is 5.58. The van der Waals surface area contributed by atoms with E-state index in [4.69, 9.17) is 9.15 Å². The second-order valence-electron chi connectivity index (χ2n) is 6.17. The number of carbonyl (C=O) groups excluding carboxylic acids is 1. The van der Waals surface area contributed by atoms with Gasteiger partial charge in [-0.2, -0.15) is 0 Å². The number of amides is 1. The fourth-order valence-electron chi connectivity index (χ4n) is 2.63. The molecule has 2 aromatic carbocycles. The molecule has 0 saturated carbocycles. The maximum absolute atomic E-state index is 12.2. The summed E-state index contributed by atoms with van der Waals surface area (Å²) in [6, 6.07) is 16.5. The Labute approximate surface area is 164 Å². The number of nitrogens with one attached hydrogen (secondary N) is 1. The van der Waals surface area contributed by atoms with E-state index in [0.717, 1.165) is 10.9 Å². The van der Waals surface area contributed by atoms with Gasteiger partial charge in [-0.15, -0.1) is 11.3 Å². The van der Waals surface area contributed by atoms with Crippen molar-refractivity contribution in [3.05, 3.63) is 76.0 Å². The maximum atomic E-state index is 12.2. The summed E-state index contributed by atoms with van der Waals surface area (Å²) in [6.45, 7) is 1.85. The Hall–Kier alpha value is -3.45. The smallest absolute Gasteiger partial charge is 0.345 e. The lowest BCUT2D eigenvalue weighted by atomic mass is 10.1. The number of benzene rings is 2. The van der Waals surface area contributed by atoms with E-state index < -0.39 is 5.63 Å². The lowest BCUT2D eigenvalue weighted by molar-refractivity contribution is -0.118. The number of hydrogen-bond acceptors (Lipinski definition) is 6. The minimum atomic E-state index is -0.468. The van der Waals surface area contributed by atoms with Gasteiger partial charge < -0.3 is 9.15 Å². The van der Waals surface area contributed by atoms with E-state index in [-0.39, 0.29) is 12.5 Å². The predicted molar refractivity (Wildman–Crippen MR) is 109 cm³/mol. The SMILES string of the molecule is Cc1ccc(OCC(=O)Nc2nc(-c3cc4ccccc4oc3=O)cs2)cc1. The molecule has 0 atom stereocenters. The van der Waals surface area contributed by atoms with Crippen LogP contribution in [0, 0.1) is 6.92 Å². The van der Waals surface area contributed by atoms with E-state index >= 15 is 0 Å². The Morgan fingerprint density at radius 3 is 2.79 bits per heavy atom. The Morgan fingerprint density at radius 1 is 1.18 bits per heavy atom. The Kier molecular flexibility index (Phi) is 4.90. The van der Waals surface area contributed by atoms with Crippen LogP contribution in [0.1, 0.15) is 5.56 Å². The third-order valence-electron chi connectivity index (χ3n) is 4.06. The second-order valence-corrected chi connectivity index (χ2v) is 7.03. The zero-order chi connectivity index (χ0) is 19.5. The summed E-state index contributed by atoms with van der Waals surface area (Å²) in [5.41, 5.74) is 1.98. The van der Waals surface area contributed by atoms with E-state index in [1.165, 1.54) is 11.3 Å². The van der Waals surface area contributed by atoms with Gasteiger partial charge in [0.1, 0.15) is 11.3 Å². The first-order chi connectivity index (χ1) is 13.6. The fraction of sp³-hybridized carbons (Fsp3) is 0.0952. The highest BCUT2D eigenvalue weighted by atomic mass is 32.1. The largest absolute Gasteiger partial charge is 0.484 e. The highest BCUT2D eigenvalue weighted by Gasteiger charge is 2.13. The number of aryl methyl sites for hydroxylation is 1. The molecule has 140 valence electrons. The third kappa shape index (κ3) is 3.94. The molecule has 0 aliphatic rings. The molecule has 0 saturated heterocycles. The maximum Gasteiger partial charge on any atom is 0.345 e. The average Bonchev–Trinajstić information content (AvgIpc) is 3.15. The number of thiazole rings is 1. The van der Waals surface area contributed by atoms with Crippen LogP contribution < -0.4 is 15.7 Å². The van der Waals surface area contributed by atoms with Crippen LogP contribution in [0.4, 0.5) is 5.13 Å². The van der Waals surface area contributed by atoms with Gasteiger partial charge in [0, 0.05) is 10.8 Å². The number of ether oxygens (including phenoxy) is 1. The van der Waals surface area contributed by atoms with Gasteiger partial charge in [-0.1, -0.05) is 35.9 Å². The molecular formula is C21H16N2O4S. The quantitative estimate of drug-likeness (QED) is 0.514. The summed E-state index contributed by atoms with van der Waals surface area (Å²) < 4.78 is 10.8. The van der Waals surface area contributed by atoms with Crippen LogP contribution >= 0.6 is 11.3 Å². The first kappa shape index (κ1) is 17.9. The van der Waals surface area contributed by atoms with Crippen LogP contribution in [0.3, 0.4) is 0 Å². The Balaban J connectivity index is 1.45. The van der Waals surface area contributed by atoms with Crippen molar-refractivity contribution in [2.24, 2.45) is 0 Å². The lowest BCUT2D eigenvalue weighted by Gasteiger charge is -2.06. The van der Waals surface area contributed by atoms with E-state index in [1.807, 2.05) is 43.3 Å². The number of hydrogen-bond donors (Lipinski definition) is 1. The molecule has 0 aliphatic carbocycles. The Bertz CT molecular complexity index is 1190. The van der Waals surface area contributed by atoms with Crippen molar-refractivity contribution < 1.29 is 13.9 Å². The van der Waals surface area contributed by atoms with E-state index in [1.54, 1.807) is 23.6 Å². The molecule has 0 bridgehead atoms. The number of nitrogens with zero attached hydrogens (tertiary/aromatic N) is 1. The highest BCUT2D eigenvalue weighted by Crippen LogP contribution is 2.25. The van der Waals surface area contributed by atoms with Crippen LogP contribution in [-0.4, -0.2) is 17.5 Å². The van der Waals surface area contributed by atoms with Gasteiger partial charge in [-0.3, -0.25) is 10.1 Å². The monoisotopic (exact) mass is 392 g/mol. The van der Waals surface area contributed by atoms with Gasteiger partial charge in [0.25, 0.3) is 5.91 Å². The van der Waals surface area contributed by atoms with E-state index in [9.17, 15) is 9.59 Å². The van der Waals surface area contributed by atoms with Crippen LogP contribution in [-0.2, 0) is 4.79 Å². The summed E-state index contributed by atoms with van der Waals surface area (Å²) in [4.78, 5) is 28.7. The number of rotatable bonds is 5. The molecule has 7 heteroatoms. The van der Waals surface area contributed by atoms with Crippen LogP contribution in [0.2, 0.25) is 0 Å². The summed E-state index contributed by atoms with van der Waals surface area (Å²) in [7, 11) is 0. The lowest BCUT2D eigenvalue weighted by Crippen LogP contribution is -2.20. The summed E-state index contributed by atoms with van der Waals surface area (Å²) in [5.74, 6) is 0.293. The van der Waals surface area contributed by atoms with Crippen molar-refractivity contribution in [3.63, 3.8) is 0 Å². The van der Waals surface area contributed by atoms with Crippen LogP contribution in [0.25, 0.3) is 22.2 Å². The number of aromatic nitrogens is 1. The fourth-order valence-corrected chi connectivity index (χ4v) is 3.36. The molecule has 0 aliphatic heterocycles. The molecule has 4 aromatic rings. The number of anilines is 1. The topological polar surface area (TPSA) is 81.4 Å². The number of fused-ring (bicyclic) bond motifs is 1. The molecule has 2 heterocycles. The van der Waals surface area contributed by atoms with Crippen molar-refractivity contribution in [1.29, 1.82) is 0 Å². The summed E-state index contributed by atoms with van der Waals surface area (Å²) in [6.07, 6.45) is 0. The minimum Gasteiger partial charge on any atom is -0.484 e. The molecule has 1 N–H and O–H groups in total. The Morgan fingerprint density at radius 2 is 1.96 bits per heavy atom. The van der Waals surface area contributed by atoms with E-state index in [2.05, 4.69) is 10.3 Å². The molecule has 2 aromatic heterocycles. The standard InChI is InChI=1S/C21H16N2O4S/c1-13-6-8-15(9-7-13)26-11-19(24)23-21-22-17(12-28-21)16-10-14-4-2-3-5-18(14)27-20(16)25/h2-10,12H,11H2,1H3,(H,22,23,24).